The molecule has 0 radical (unpaired) electrons. The lowest BCUT2D eigenvalue weighted by Gasteiger charge is -2.39. The molecular formula is C22H21FN4O2. The Morgan fingerprint density at radius 3 is 2.79 bits per heavy atom. The van der Waals surface area contributed by atoms with Crippen LogP contribution in [-0.4, -0.2) is 39.7 Å². The number of nitrogens with two attached hydrogens (primary N) is 1. The van der Waals surface area contributed by atoms with E-state index in [2.05, 4.69) is 15.3 Å². The molecule has 148 valence electrons. The third kappa shape index (κ3) is 3.03. The van der Waals surface area contributed by atoms with Crippen LogP contribution in [0, 0.1) is 5.82 Å². The monoisotopic (exact) mass is 392 g/mol. The first kappa shape index (κ1) is 18.0. The first-order valence-corrected chi connectivity index (χ1v) is 9.65. The molecule has 1 aliphatic heterocycles. The number of fused-ring (bicyclic) bond motifs is 3. The van der Waals surface area contributed by atoms with Crippen molar-refractivity contribution in [1.82, 2.24) is 15.3 Å². The van der Waals surface area contributed by atoms with Crippen molar-refractivity contribution in [2.75, 3.05) is 13.1 Å². The molecule has 2 aliphatic rings. The molecule has 0 bridgehead atoms. The van der Waals surface area contributed by atoms with Crippen molar-refractivity contribution in [2.24, 2.45) is 5.73 Å². The van der Waals surface area contributed by atoms with E-state index < -0.39 is 11.5 Å². The number of carboxylic acids is 1. The van der Waals surface area contributed by atoms with Gasteiger partial charge in [-0.05, 0) is 42.2 Å². The molecule has 5 N–H and O–H groups in total. The molecule has 0 saturated carbocycles. The number of aromatic nitrogens is 2. The van der Waals surface area contributed by atoms with Crippen molar-refractivity contribution < 1.29 is 14.3 Å². The van der Waals surface area contributed by atoms with E-state index in [9.17, 15) is 14.3 Å². The minimum Gasteiger partial charge on any atom is -0.478 e. The summed E-state index contributed by atoms with van der Waals surface area (Å²) in [5.74, 6) is -1.25. The summed E-state index contributed by atoms with van der Waals surface area (Å²) in [5, 5.41) is 13.0. The fraction of sp³-hybridized carbons (Fsp3) is 0.273. The molecule has 1 fully saturated rings. The van der Waals surface area contributed by atoms with Gasteiger partial charge < -0.3 is 21.1 Å². The molecule has 0 unspecified atom stereocenters. The van der Waals surface area contributed by atoms with Gasteiger partial charge in [-0.25, -0.2) is 9.18 Å². The SMILES string of the molecule is NC1(Cc2[nH]c3c(c2C(=O)O)CCc2cnc(-c4cccc(F)c4)cc2-3)CNC1. The number of rotatable bonds is 4. The Hall–Kier alpha value is -3.03. The van der Waals surface area contributed by atoms with Crippen LogP contribution in [0.3, 0.4) is 0 Å². The molecular weight excluding hydrogens is 371 g/mol. The molecule has 3 heterocycles. The minimum atomic E-state index is -0.934. The molecule has 2 aromatic heterocycles. The van der Waals surface area contributed by atoms with Gasteiger partial charge in [0, 0.05) is 48.1 Å². The molecule has 0 spiro atoms. The number of nitrogens with one attached hydrogen (secondary N) is 2. The Morgan fingerprint density at radius 2 is 2.10 bits per heavy atom. The largest absolute Gasteiger partial charge is 0.478 e. The van der Waals surface area contributed by atoms with Crippen LogP contribution in [0.1, 0.15) is 27.2 Å². The number of hydrogen-bond donors (Lipinski definition) is 4. The number of halogens is 1. The first-order chi connectivity index (χ1) is 13.9. The standard InChI is InChI=1S/C22H21FN4O2/c23-14-3-1-2-12(6-14)17-7-16-13(9-26-17)4-5-15-19(21(28)29)18(27-20(15)16)8-22(24)10-25-11-22/h1-3,6-7,9,25,27H,4-5,8,10-11,24H2,(H,28,29). The smallest absolute Gasteiger partial charge is 0.337 e. The Bertz CT molecular complexity index is 1130. The average molecular weight is 392 g/mol. The van der Waals surface area contributed by atoms with Gasteiger partial charge in [0.1, 0.15) is 5.82 Å². The molecule has 1 saturated heterocycles. The lowest BCUT2D eigenvalue weighted by molar-refractivity contribution is 0.0694. The maximum Gasteiger partial charge on any atom is 0.337 e. The van der Waals surface area contributed by atoms with Crippen molar-refractivity contribution in [1.29, 1.82) is 0 Å². The van der Waals surface area contributed by atoms with Crippen LogP contribution in [0.15, 0.2) is 36.5 Å². The number of nitrogens with zero attached hydrogens (tertiary/aromatic N) is 1. The number of aromatic carboxylic acids is 1. The van der Waals surface area contributed by atoms with Crippen molar-refractivity contribution in [3.05, 3.63) is 64.7 Å². The molecule has 7 heteroatoms. The Morgan fingerprint density at radius 1 is 1.28 bits per heavy atom. The Labute approximate surface area is 167 Å². The fourth-order valence-corrected chi connectivity index (χ4v) is 4.37. The quantitative estimate of drug-likeness (QED) is 0.546. The second-order valence-corrected chi connectivity index (χ2v) is 8.02. The lowest BCUT2D eigenvalue weighted by atomic mass is 9.85. The molecule has 0 amide bonds. The maximum absolute atomic E-state index is 13.7. The van der Waals surface area contributed by atoms with Crippen molar-refractivity contribution in [2.45, 2.75) is 24.8 Å². The summed E-state index contributed by atoms with van der Waals surface area (Å²) >= 11 is 0. The topological polar surface area (TPSA) is 104 Å². The van der Waals surface area contributed by atoms with E-state index in [-0.39, 0.29) is 5.82 Å². The number of benzene rings is 1. The maximum atomic E-state index is 13.7. The summed E-state index contributed by atoms with van der Waals surface area (Å²) in [6.45, 7) is 1.33. The third-order valence-electron chi connectivity index (χ3n) is 5.90. The number of carboxylic acid groups (broad SMARTS) is 1. The second kappa shape index (κ2) is 6.50. The van der Waals surface area contributed by atoms with E-state index in [1.807, 2.05) is 12.1 Å². The number of pyridine rings is 1. The number of hydrogen-bond acceptors (Lipinski definition) is 4. The van der Waals surface area contributed by atoms with Crippen LogP contribution in [0.4, 0.5) is 4.39 Å². The van der Waals surface area contributed by atoms with E-state index >= 15 is 0 Å². The zero-order chi connectivity index (χ0) is 20.2. The van der Waals surface area contributed by atoms with E-state index in [0.29, 0.717) is 54.9 Å². The molecule has 6 nitrogen and oxygen atoms in total. The summed E-state index contributed by atoms with van der Waals surface area (Å²) in [7, 11) is 0. The lowest BCUT2D eigenvalue weighted by Crippen LogP contribution is -2.66. The van der Waals surface area contributed by atoms with Crippen LogP contribution in [0.2, 0.25) is 0 Å². The highest BCUT2D eigenvalue weighted by molar-refractivity contribution is 5.95. The van der Waals surface area contributed by atoms with Gasteiger partial charge in [-0.15, -0.1) is 0 Å². The van der Waals surface area contributed by atoms with Crippen LogP contribution in [0.25, 0.3) is 22.5 Å². The predicted molar refractivity (Wildman–Crippen MR) is 107 cm³/mol. The van der Waals surface area contributed by atoms with Gasteiger partial charge in [0.15, 0.2) is 0 Å². The zero-order valence-corrected chi connectivity index (χ0v) is 15.8. The third-order valence-corrected chi connectivity index (χ3v) is 5.90. The zero-order valence-electron chi connectivity index (χ0n) is 15.8. The van der Waals surface area contributed by atoms with Crippen LogP contribution in [-0.2, 0) is 19.3 Å². The molecule has 3 aromatic rings. The normalized spacial score (nSPS) is 16.6. The molecule has 5 rings (SSSR count). The van der Waals surface area contributed by atoms with Gasteiger partial charge in [0.2, 0.25) is 0 Å². The summed E-state index contributed by atoms with van der Waals surface area (Å²) in [4.78, 5) is 19.9. The summed E-state index contributed by atoms with van der Waals surface area (Å²) in [6, 6.07) is 8.22. The predicted octanol–water partition coefficient (Wildman–Crippen LogP) is 2.52. The van der Waals surface area contributed by atoms with Gasteiger partial charge >= 0.3 is 5.97 Å². The van der Waals surface area contributed by atoms with Gasteiger partial charge in [0.05, 0.1) is 17.0 Å². The first-order valence-electron chi connectivity index (χ1n) is 9.65. The van der Waals surface area contributed by atoms with Crippen LogP contribution < -0.4 is 11.1 Å². The van der Waals surface area contributed by atoms with Crippen LogP contribution >= 0.6 is 0 Å². The highest BCUT2D eigenvalue weighted by Gasteiger charge is 2.36. The fourth-order valence-electron chi connectivity index (χ4n) is 4.37. The van der Waals surface area contributed by atoms with Crippen molar-refractivity contribution >= 4 is 5.97 Å². The van der Waals surface area contributed by atoms with Gasteiger partial charge in [-0.3, -0.25) is 4.98 Å². The highest BCUT2D eigenvalue weighted by Crippen LogP contribution is 2.38. The van der Waals surface area contributed by atoms with E-state index in [0.717, 1.165) is 22.4 Å². The van der Waals surface area contributed by atoms with E-state index in [1.54, 1.807) is 12.3 Å². The van der Waals surface area contributed by atoms with E-state index in [4.69, 9.17) is 5.73 Å². The number of H-pyrrole nitrogens is 1. The minimum absolute atomic E-state index is 0.319. The molecule has 0 atom stereocenters. The number of carbonyl (C=O) groups is 1. The summed E-state index contributed by atoms with van der Waals surface area (Å²) < 4.78 is 13.7. The van der Waals surface area contributed by atoms with Crippen molar-refractivity contribution in [3.8, 4) is 22.5 Å². The Kier molecular flexibility index (Phi) is 4.04. The summed E-state index contributed by atoms with van der Waals surface area (Å²) in [6.07, 6.45) is 3.63. The molecule has 1 aromatic carbocycles. The number of aryl methyl sites for hydroxylation is 1. The van der Waals surface area contributed by atoms with Gasteiger partial charge in [0.25, 0.3) is 0 Å². The second-order valence-electron chi connectivity index (χ2n) is 8.02. The Balaban J connectivity index is 1.63. The molecule has 29 heavy (non-hydrogen) atoms. The molecule has 1 aliphatic carbocycles. The average Bonchev–Trinajstić information content (AvgIpc) is 3.04. The van der Waals surface area contributed by atoms with Gasteiger partial charge in [-0.2, -0.15) is 0 Å². The highest BCUT2D eigenvalue weighted by atomic mass is 19.1. The van der Waals surface area contributed by atoms with E-state index in [1.165, 1.54) is 12.1 Å². The van der Waals surface area contributed by atoms with Crippen molar-refractivity contribution in [3.63, 3.8) is 0 Å². The summed E-state index contributed by atoms with van der Waals surface area (Å²) in [5.41, 5.74) is 11.9. The van der Waals surface area contributed by atoms with Gasteiger partial charge in [-0.1, -0.05) is 12.1 Å². The van der Waals surface area contributed by atoms with Crippen LogP contribution in [0.5, 0.6) is 0 Å². The number of aromatic amines is 1.